The van der Waals surface area contributed by atoms with Crippen LogP contribution in [-0.2, 0) is 12.5 Å². The van der Waals surface area contributed by atoms with Gasteiger partial charge in [0.15, 0.2) is 11.9 Å². The molecule has 0 bridgehead atoms. The molecule has 0 aliphatic carbocycles. The maximum absolute atomic E-state index is 10.7. The third-order valence-electron chi connectivity index (χ3n) is 2.64. The topological polar surface area (TPSA) is 47.8 Å². The molecule has 0 aliphatic heterocycles. The van der Waals surface area contributed by atoms with Crippen molar-refractivity contribution < 1.29 is 4.79 Å². The van der Waals surface area contributed by atoms with Crippen LogP contribution in [0.3, 0.4) is 0 Å². The minimum atomic E-state index is 0.0402. The van der Waals surface area contributed by atoms with Crippen molar-refractivity contribution in [2.45, 2.75) is 26.2 Å². The Kier molecular flexibility index (Phi) is 2.30. The van der Waals surface area contributed by atoms with E-state index in [9.17, 15) is 4.79 Å². The molecule has 0 radical (unpaired) electrons. The fourth-order valence-corrected chi connectivity index (χ4v) is 1.87. The molecule has 0 saturated heterocycles. The van der Waals surface area contributed by atoms with Gasteiger partial charge in [-0.05, 0) is 6.07 Å². The highest BCUT2D eigenvalue weighted by molar-refractivity contribution is 5.79. The second kappa shape index (κ2) is 3.40. The van der Waals surface area contributed by atoms with Gasteiger partial charge in [-0.15, -0.1) is 0 Å². The number of fused-ring (bicyclic) bond motifs is 1. The normalized spacial score (nSPS) is 12.0. The van der Waals surface area contributed by atoms with Crippen molar-refractivity contribution in [3.8, 4) is 0 Å². The predicted octanol–water partition coefficient (Wildman–Crippen LogP) is 2.08. The van der Waals surface area contributed by atoms with Gasteiger partial charge >= 0.3 is 0 Å². The van der Waals surface area contributed by atoms with Gasteiger partial charge in [-0.2, -0.15) is 0 Å². The van der Waals surface area contributed by atoms with E-state index < -0.39 is 0 Å². The van der Waals surface area contributed by atoms with Crippen LogP contribution in [0.25, 0.3) is 11.2 Å². The lowest BCUT2D eigenvalue weighted by molar-refractivity contribution is 0.111. The zero-order valence-electron chi connectivity index (χ0n) is 9.98. The maximum atomic E-state index is 10.7. The highest BCUT2D eigenvalue weighted by Crippen LogP contribution is 2.26. The van der Waals surface area contributed by atoms with Crippen molar-refractivity contribution in [3.05, 3.63) is 23.7 Å². The van der Waals surface area contributed by atoms with Gasteiger partial charge in [0.05, 0.1) is 6.20 Å². The molecule has 4 heteroatoms. The van der Waals surface area contributed by atoms with Crippen LogP contribution in [-0.4, -0.2) is 20.8 Å². The lowest BCUT2D eigenvalue weighted by atomic mass is 9.92. The van der Waals surface area contributed by atoms with E-state index in [1.165, 1.54) is 6.20 Å². The number of hydrogen-bond acceptors (Lipinski definition) is 3. The van der Waals surface area contributed by atoms with Crippen LogP contribution in [0.5, 0.6) is 0 Å². The maximum Gasteiger partial charge on any atom is 0.170 e. The quantitative estimate of drug-likeness (QED) is 0.687. The summed E-state index contributed by atoms with van der Waals surface area (Å²) in [6.45, 7) is 6.42. The molecule has 0 aliphatic rings. The Bertz CT molecular complexity index is 549. The van der Waals surface area contributed by atoms with Gasteiger partial charge in [0.25, 0.3) is 0 Å². The first-order valence-corrected chi connectivity index (χ1v) is 5.21. The predicted molar refractivity (Wildman–Crippen MR) is 62.6 cm³/mol. The minimum absolute atomic E-state index is 0.0402. The molecule has 4 nitrogen and oxygen atoms in total. The Morgan fingerprint density at radius 1 is 1.38 bits per heavy atom. The molecular formula is C12H15N3O. The summed E-state index contributed by atoms with van der Waals surface area (Å²) in [5.41, 5.74) is 3.16. The second-order valence-electron chi connectivity index (χ2n) is 4.96. The van der Waals surface area contributed by atoms with E-state index in [1.807, 2.05) is 17.7 Å². The Morgan fingerprint density at radius 2 is 2.06 bits per heavy atom. The Balaban J connectivity index is 2.73. The van der Waals surface area contributed by atoms with E-state index in [-0.39, 0.29) is 5.41 Å². The van der Waals surface area contributed by atoms with Gasteiger partial charge in [0.1, 0.15) is 11.2 Å². The van der Waals surface area contributed by atoms with E-state index in [4.69, 9.17) is 0 Å². The van der Waals surface area contributed by atoms with Crippen molar-refractivity contribution >= 4 is 17.5 Å². The number of aryl methyl sites for hydroxylation is 1. The number of carbonyl (C=O) groups is 1. The van der Waals surface area contributed by atoms with E-state index in [2.05, 4.69) is 30.7 Å². The van der Waals surface area contributed by atoms with Gasteiger partial charge in [0, 0.05) is 18.2 Å². The second-order valence-corrected chi connectivity index (χ2v) is 4.96. The number of hydrogen-bond donors (Lipinski definition) is 0. The first-order valence-electron chi connectivity index (χ1n) is 5.21. The number of carbonyl (C=O) groups excluding carboxylic acids is 1. The molecule has 0 atom stereocenters. The number of aldehydes is 1. The average molecular weight is 217 g/mol. The highest BCUT2D eigenvalue weighted by atomic mass is 16.1. The molecule has 84 valence electrons. The summed E-state index contributed by atoms with van der Waals surface area (Å²) < 4.78 is 2.00. The summed E-state index contributed by atoms with van der Waals surface area (Å²) in [5.74, 6) is 0. The molecule has 2 rings (SSSR count). The molecule has 2 aromatic heterocycles. The van der Waals surface area contributed by atoms with E-state index in [0.717, 1.165) is 23.1 Å². The summed E-state index contributed by atoms with van der Waals surface area (Å²) in [6, 6.07) is 2.02. The van der Waals surface area contributed by atoms with Crippen molar-refractivity contribution in [1.29, 1.82) is 0 Å². The summed E-state index contributed by atoms with van der Waals surface area (Å²) in [7, 11) is 1.95. The van der Waals surface area contributed by atoms with Gasteiger partial charge in [0.2, 0.25) is 0 Å². The van der Waals surface area contributed by atoms with Crippen LogP contribution in [0.4, 0.5) is 0 Å². The Hall–Kier alpha value is -1.71. The molecule has 0 aromatic carbocycles. The largest absolute Gasteiger partial charge is 0.331 e. The molecule has 0 amide bonds. The van der Waals surface area contributed by atoms with Crippen LogP contribution in [0.2, 0.25) is 0 Å². The van der Waals surface area contributed by atoms with Gasteiger partial charge in [-0.1, -0.05) is 20.8 Å². The molecule has 2 aromatic rings. The van der Waals surface area contributed by atoms with Crippen LogP contribution in [0.15, 0.2) is 12.3 Å². The third kappa shape index (κ3) is 1.60. The van der Waals surface area contributed by atoms with Crippen LogP contribution >= 0.6 is 0 Å². The lowest BCUT2D eigenvalue weighted by Gasteiger charge is -2.19. The average Bonchev–Trinajstić information content (AvgIpc) is 2.55. The lowest BCUT2D eigenvalue weighted by Crippen LogP contribution is -2.15. The van der Waals surface area contributed by atoms with Crippen LogP contribution in [0.1, 0.15) is 37.0 Å². The summed E-state index contributed by atoms with van der Waals surface area (Å²) in [4.78, 5) is 19.1. The van der Waals surface area contributed by atoms with Crippen LogP contribution in [0, 0.1) is 0 Å². The molecule has 0 N–H and O–H groups in total. The SMILES string of the molecule is Cn1c(C(C)(C)C)cc2ncc(C=O)nc21. The molecular weight excluding hydrogens is 202 g/mol. The molecule has 2 heterocycles. The standard InChI is InChI=1S/C12H15N3O/c1-12(2,3)10-5-9-11(15(10)4)14-8(7-16)6-13-9/h5-7H,1-4H3. The minimum Gasteiger partial charge on any atom is -0.331 e. The summed E-state index contributed by atoms with van der Waals surface area (Å²) in [5, 5.41) is 0. The third-order valence-corrected chi connectivity index (χ3v) is 2.64. The summed E-state index contributed by atoms with van der Waals surface area (Å²) in [6.07, 6.45) is 2.22. The number of rotatable bonds is 1. The number of nitrogens with zero attached hydrogens (tertiary/aromatic N) is 3. The molecule has 0 spiro atoms. The molecule has 0 saturated carbocycles. The first kappa shape index (κ1) is 10.8. The molecule has 0 unspecified atom stereocenters. The Labute approximate surface area is 94.3 Å². The number of aromatic nitrogens is 3. The molecule has 16 heavy (non-hydrogen) atoms. The van der Waals surface area contributed by atoms with E-state index in [1.54, 1.807) is 0 Å². The van der Waals surface area contributed by atoms with Crippen molar-refractivity contribution in [1.82, 2.24) is 14.5 Å². The monoisotopic (exact) mass is 217 g/mol. The highest BCUT2D eigenvalue weighted by Gasteiger charge is 2.20. The van der Waals surface area contributed by atoms with Crippen molar-refractivity contribution in [2.75, 3.05) is 0 Å². The van der Waals surface area contributed by atoms with Gasteiger partial charge < -0.3 is 4.57 Å². The van der Waals surface area contributed by atoms with E-state index in [0.29, 0.717) is 5.69 Å². The zero-order valence-corrected chi connectivity index (χ0v) is 9.98. The first-order chi connectivity index (χ1) is 7.43. The fraction of sp³-hybridized carbons (Fsp3) is 0.417. The van der Waals surface area contributed by atoms with Crippen LogP contribution < -0.4 is 0 Å². The van der Waals surface area contributed by atoms with Gasteiger partial charge in [-0.25, -0.2) is 4.98 Å². The Morgan fingerprint density at radius 3 is 2.62 bits per heavy atom. The van der Waals surface area contributed by atoms with Crippen molar-refractivity contribution in [3.63, 3.8) is 0 Å². The fourth-order valence-electron chi connectivity index (χ4n) is 1.87. The van der Waals surface area contributed by atoms with Crippen molar-refractivity contribution in [2.24, 2.45) is 7.05 Å². The summed E-state index contributed by atoms with van der Waals surface area (Å²) >= 11 is 0. The van der Waals surface area contributed by atoms with Gasteiger partial charge in [-0.3, -0.25) is 9.78 Å². The smallest absolute Gasteiger partial charge is 0.170 e. The van der Waals surface area contributed by atoms with E-state index >= 15 is 0 Å². The zero-order chi connectivity index (χ0) is 11.9. The molecule has 0 fully saturated rings.